The van der Waals surface area contributed by atoms with Crippen molar-refractivity contribution in [1.29, 1.82) is 0 Å². The molecule has 94 valence electrons. The minimum absolute atomic E-state index is 0.0853. The monoisotopic (exact) mass is 338 g/mol. The van der Waals surface area contributed by atoms with Gasteiger partial charge in [0.25, 0.3) is 0 Å². The van der Waals surface area contributed by atoms with Gasteiger partial charge in [0.15, 0.2) is 0 Å². The van der Waals surface area contributed by atoms with Crippen molar-refractivity contribution >= 4 is 37.6 Å². The maximum atomic E-state index is 12.3. The Bertz CT molecular complexity index is 501. The summed E-state index contributed by atoms with van der Waals surface area (Å²) in [5, 5.41) is 0.0853. The lowest BCUT2D eigenvalue weighted by molar-refractivity contribution is 0.350. The van der Waals surface area contributed by atoms with Gasteiger partial charge in [-0.05, 0) is 34.8 Å². The van der Waals surface area contributed by atoms with E-state index in [4.69, 9.17) is 11.6 Å². The highest BCUT2D eigenvalue weighted by molar-refractivity contribution is 9.10. The zero-order valence-corrected chi connectivity index (χ0v) is 12.2. The molecule has 1 saturated heterocycles. The Kier molecular flexibility index (Phi) is 4.07. The van der Waals surface area contributed by atoms with Crippen LogP contribution in [-0.2, 0) is 10.0 Å². The van der Waals surface area contributed by atoms with Crippen molar-refractivity contribution in [2.75, 3.05) is 13.1 Å². The zero-order chi connectivity index (χ0) is 12.5. The Morgan fingerprint density at radius 2 is 2.00 bits per heavy atom. The van der Waals surface area contributed by atoms with Crippen LogP contribution >= 0.6 is 27.5 Å². The Morgan fingerprint density at radius 3 is 2.59 bits per heavy atom. The second-order valence-electron chi connectivity index (χ2n) is 3.92. The van der Waals surface area contributed by atoms with Gasteiger partial charge >= 0.3 is 0 Å². The smallest absolute Gasteiger partial charge is 0.244 e. The number of aromatic nitrogens is 1. The summed E-state index contributed by atoms with van der Waals surface area (Å²) in [6.07, 6.45) is 4.32. The lowest BCUT2D eigenvalue weighted by Gasteiger charge is -2.28. The number of alkyl halides is 1. The minimum atomic E-state index is -3.43. The summed E-state index contributed by atoms with van der Waals surface area (Å²) in [7, 11) is -3.43. The molecular weight excluding hydrogens is 328 g/mol. The van der Waals surface area contributed by atoms with Crippen LogP contribution in [-0.4, -0.2) is 36.2 Å². The fraction of sp³-hybridized carbons (Fsp3) is 0.500. The first-order chi connectivity index (χ1) is 8.00. The summed E-state index contributed by atoms with van der Waals surface area (Å²) in [5.41, 5.74) is 0. The maximum Gasteiger partial charge on any atom is 0.244 e. The van der Waals surface area contributed by atoms with E-state index in [9.17, 15) is 8.42 Å². The Balaban J connectivity index is 2.25. The Morgan fingerprint density at radius 1 is 1.35 bits per heavy atom. The van der Waals surface area contributed by atoms with Crippen LogP contribution in [0.4, 0.5) is 0 Å². The van der Waals surface area contributed by atoms with Gasteiger partial charge in [0.05, 0.1) is 0 Å². The topological polar surface area (TPSA) is 50.3 Å². The number of rotatable bonds is 2. The van der Waals surface area contributed by atoms with Gasteiger partial charge in [-0.15, -0.1) is 11.6 Å². The highest BCUT2D eigenvalue weighted by Gasteiger charge is 2.28. The molecule has 1 fully saturated rings. The average molecular weight is 340 g/mol. The van der Waals surface area contributed by atoms with Crippen molar-refractivity contribution in [1.82, 2.24) is 9.29 Å². The number of halogens is 2. The van der Waals surface area contributed by atoms with Crippen LogP contribution in [0.1, 0.15) is 12.8 Å². The molecule has 0 amide bonds. The second-order valence-corrected chi connectivity index (χ2v) is 7.39. The van der Waals surface area contributed by atoms with E-state index in [1.165, 1.54) is 10.5 Å². The first-order valence-electron chi connectivity index (χ1n) is 5.25. The summed E-state index contributed by atoms with van der Waals surface area (Å²) in [6, 6.07) is 1.56. The summed E-state index contributed by atoms with van der Waals surface area (Å²) < 4.78 is 26.7. The molecule has 1 aromatic rings. The lowest BCUT2D eigenvalue weighted by Crippen LogP contribution is -2.38. The van der Waals surface area contributed by atoms with Crippen LogP contribution in [0.25, 0.3) is 0 Å². The average Bonchev–Trinajstić information content (AvgIpc) is 2.29. The van der Waals surface area contributed by atoms with E-state index >= 15 is 0 Å². The fourth-order valence-electron chi connectivity index (χ4n) is 1.75. The zero-order valence-electron chi connectivity index (χ0n) is 9.01. The SMILES string of the molecule is O=S(=O)(c1cncc(Br)c1)N1CCC(Cl)CC1. The van der Waals surface area contributed by atoms with E-state index in [0.29, 0.717) is 30.4 Å². The van der Waals surface area contributed by atoms with Crippen molar-refractivity contribution in [2.45, 2.75) is 23.1 Å². The second kappa shape index (κ2) is 5.22. The number of hydrogen-bond acceptors (Lipinski definition) is 3. The maximum absolute atomic E-state index is 12.3. The molecule has 4 nitrogen and oxygen atoms in total. The molecule has 0 unspecified atom stereocenters. The Labute approximate surface area is 114 Å². The molecule has 7 heteroatoms. The van der Waals surface area contributed by atoms with Gasteiger partial charge in [-0.1, -0.05) is 0 Å². The molecule has 0 aliphatic carbocycles. The number of hydrogen-bond donors (Lipinski definition) is 0. The fourth-order valence-corrected chi connectivity index (χ4v) is 3.92. The summed E-state index contributed by atoms with van der Waals surface area (Å²) in [6.45, 7) is 0.950. The van der Waals surface area contributed by atoms with Crippen molar-refractivity contribution in [3.8, 4) is 0 Å². The van der Waals surface area contributed by atoms with E-state index in [-0.39, 0.29) is 10.3 Å². The van der Waals surface area contributed by atoms with Gasteiger partial charge < -0.3 is 0 Å². The molecule has 0 spiro atoms. The molecule has 1 aromatic heterocycles. The van der Waals surface area contributed by atoms with Crippen molar-refractivity contribution in [2.24, 2.45) is 0 Å². The molecule has 1 aliphatic rings. The molecule has 0 atom stereocenters. The molecular formula is C10H12BrClN2O2S. The minimum Gasteiger partial charge on any atom is -0.262 e. The van der Waals surface area contributed by atoms with Gasteiger partial charge in [0, 0.05) is 35.3 Å². The third kappa shape index (κ3) is 2.99. The van der Waals surface area contributed by atoms with Crippen molar-refractivity contribution in [3.63, 3.8) is 0 Å². The van der Waals surface area contributed by atoms with Gasteiger partial charge in [-0.2, -0.15) is 4.31 Å². The van der Waals surface area contributed by atoms with Crippen molar-refractivity contribution < 1.29 is 8.42 Å². The van der Waals surface area contributed by atoms with Crippen LogP contribution in [0.15, 0.2) is 27.8 Å². The molecule has 0 saturated carbocycles. The van der Waals surface area contributed by atoms with E-state index in [1.807, 2.05) is 0 Å². The van der Waals surface area contributed by atoms with E-state index in [2.05, 4.69) is 20.9 Å². The van der Waals surface area contributed by atoms with Gasteiger partial charge in [-0.25, -0.2) is 8.42 Å². The molecule has 2 rings (SSSR count). The predicted octanol–water partition coefficient (Wildman–Crippen LogP) is 2.24. The van der Waals surface area contributed by atoms with Gasteiger partial charge in [0.1, 0.15) is 4.90 Å². The first kappa shape index (κ1) is 13.3. The van der Waals surface area contributed by atoms with Crippen LogP contribution in [0, 0.1) is 0 Å². The lowest BCUT2D eigenvalue weighted by atomic mass is 10.2. The third-order valence-electron chi connectivity index (χ3n) is 2.70. The van der Waals surface area contributed by atoms with E-state index < -0.39 is 10.0 Å². The first-order valence-corrected chi connectivity index (χ1v) is 7.92. The normalized spacial score (nSPS) is 19.4. The third-order valence-corrected chi connectivity index (χ3v) is 5.44. The van der Waals surface area contributed by atoms with Crippen molar-refractivity contribution in [3.05, 3.63) is 22.9 Å². The summed E-state index contributed by atoms with van der Waals surface area (Å²) in [4.78, 5) is 4.10. The quantitative estimate of drug-likeness (QED) is 0.777. The van der Waals surface area contributed by atoms with Crippen LogP contribution in [0.2, 0.25) is 0 Å². The summed E-state index contributed by atoms with van der Waals surface area (Å²) >= 11 is 9.18. The van der Waals surface area contributed by atoms with E-state index in [0.717, 1.165) is 0 Å². The van der Waals surface area contributed by atoms with Crippen LogP contribution in [0.3, 0.4) is 0 Å². The summed E-state index contributed by atoms with van der Waals surface area (Å²) in [5.74, 6) is 0. The van der Waals surface area contributed by atoms with Gasteiger partial charge in [-0.3, -0.25) is 4.98 Å². The predicted molar refractivity (Wildman–Crippen MR) is 69.6 cm³/mol. The molecule has 0 bridgehead atoms. The Hall–Kier alpha value is -0.170. The highest BCUT2D eigenvalue weighted by Crippen LogP contribution is 2.23. The molecule has 2 heterocycles. The van der Waals surface area contributed by atoms with E-state index in [1.54, 1.807) is 12.3 Å². The molecule has 1 aliphatic heterocycles. The highest BCUT2D eigenvalue weighted by atomic mass is 79.9. The van der Waals surface area contributed by atoms with Crippen LogP contribution in [0.5, 0.6) is 0 Å². The number of piperidine rings is 1. The largest absolute Gasteiger partial charge is 0.262 e. The number of pyridine rings is 1. The van der Waals surface area contributed by atoms with Gasteiger partial charge in [0.2, 0.25) is 10.0 Å². The number of nitrogens with zero attached hydrogens (tertiary/aromatic N) is 2. The molecule has 0 aromatic carbocycles. The molecule has 0 N–H and O–H groups in total. The van der Waals surface area contributed by atoms with Crippen LogP contribution < -0.4 is 0 Å². The molecule has 0 radical (unpaired) electrons. The molecule has 17 heavy (non-hydrogen) atoms. The standard InChI is InChI=1S/C10H12BrClN2O2S/c11-8-5-10(7-13-6-8)17(15,16)14-3-1-9(12)2-4-14/h5-7,9H,1-4H2. The number of sulfonamides is 1.